The van der Waals surface area contributed by atoms with E-state index in [1.165, 1.54) is 25.3 Å². The van der Waals surface area contributed by atoms with E-state index in [1.807, 2.05) is 25.1 Å². The molecule has 6 nitrogen and oxygen atoms in total. The number of allylic oxidation sites excluding steroid dienone is 2. The molecule has 2 aliphatic rings. The smallest absolute Gasteiger partial charge is 0.191 e. The first-order valence-corrected chi connectivity index (χ1v) is 8.96. The van der Waals surface area contributed by atoms with Crippen LogP contribution in [0, 0.1) is 51.1 Å². The molecule has 0 saturated carbocycles. The van der Waals surface area contributed by atoms with E-state index in [9.17, 15) is 20.2 Å². The average molecular weight is 377 g/mol. The lowest BCUT2D eigenvalue weighted by Gasteiger charge is -2.45. The van der Waals surface area contributed by atoms with Crippen LogP contribution in [0.2, 0.25) is 0 Å². The van der Waals surface area contributed by atoms with Crippen LogP contribution in [0.4, 0.5) is 4.39 Å². The third-order valence-corrected chi connectivity index (χ3v) is 5.73. The lowest BCUT2D eigenvalue weighted by atomic mass is 9.58. The first-order chi connectivity index (χ1) is 13.5. The van der Waals surface area contributed by atoms with Crippen molar-refractivity contribution in [1.82, 2.24) is 4.90 Å². The van der Waals surface area contributed by atoms with Crippen LogP contribution in [0.15, 0.2) is 41.1 Å². The summed E-state index contributed by atoms with van der Waals surface area (Å²) in [6, 6.07) is 10.3. The number of nitriles is 3. The molecule has 0 aromatic heterocycles. The molecule has 142 valence electrons. The van der Waals surface area contributed by atoms with Gasteiger partial charge in [0.05, 0.1) is 30.5 Å². The van der Waals surface area contributed by atoms with Gasteiger partial charge in [-0.1, -0.05) is 13.0 Å². The van der Waals surface area contributed by atoms with Gasteiger partial charge in [0.25, 0.3) is 0 Å². The van der Waals surface area contributed by atoms with Gasteiger partial charge in [-0.15, -0.1) is 0 Å². The van der Waals surface area contributed by atoms with Crippen LogP contribution in [0.3, 0.4) is 0 Å². The molecule has 0 spiro atoms. The summed E-state index contributed by atoms with van der Waals surface area (Å²) in [6.07, 6.45) is 1.90. The number of fused-ring (bicyclic) bond motifs is 1. The van der Waals surface area contributed by atoms with Gasteiger partial charge in [0.15, 0.2) is 5.41 Å². The van der Waals surface area contributed by atoms with E-state index in [4.69, 9.17) is 10.5 Å². The highest BCUT2D eigenvalue weighted by atomic mass is 19.1. The fourth-order valence-electron chi connectivity index (χ4n) is 4.23. The lowest BCUT2D eigenvalue weighted by molar-refractivity contribution is 0.212. The zero-order valence-corrected chi connectivity index (χ0v) is 15.7. The Morgan fingerprint density at radius 2 is 2.04 bits per heavy atom. The van der Waals surface area contributed by atoms with Gasteiger partial charge >= 0.3 is 0 Å². The van der Waals surface area contributed by atoms with Crippen molar-refractivity contribution >= 4 is 0 Å². The molecule has 2 atom stereocenters. The van der Waals surface area contributed by atoms with E-state index in [-0.39, 0.29) is 16.8 Å². The third kappa shape index (κ3) is 2.71. The number of benzene rings is 1. The van der Waals surface area contributed by atoms with Crippen LogP contribution >= 0.6 is 0 Å². The fraction of sp³-hybridized carbons (Fsp3) is 0.381. The maximum atomic E-state index is 14.9. The predicted octanol–water partition coefficient (Wildman–Crippen LogP) is 2.58. The molecule has 7 heteroatoms. The molecular weight excluding hydrogens is 357 g/mol. The summed E-state index contributed by atoms with van der Waals surface area (Å²) < 4.78 is 20.2. The molecule has 0 radical (unpaired) electrons. The van der Waals surface area contributed by atoms with Crippen LogP contribution in [-0.2, 0) is 0 Å². The molecule has 3 rings (SSSR count). The van der Waals surface area contributed by atoms with E-state index < -0.39 is 23.1 Å². The SMILES string of the molecule is CCN1CC=C2C(C#N)=C(N)C(C#N)(C#N)[C@H](c3cc(OC)ccc3F)[C@@H]2C1. The van der Waals surface area contributed by atoms with Crippen molar-refractivity contribution in [3.63, 3.8) is 0 Å². The minimum Gasteiger partial charge on any atom is -0.497 e. The van der Waals surface area contributed by atoms with Crippen molar-refractivity contribution in [1.29, 1.82) is 15.8 Å². The normalized spacial score (nSPS) is 23.6. The van der Waals surface area contributed by atoms with Crippen molar-refractivity contribution in [3.8, 4) is 24.0 Å². The number of hydrogen-bond donors (Lipinski definition) is 1. The monoisotopic (exact) mass is 377 g/mol. The molecule has 1 aromatic carbocycles. The second-order valence-corrected chi connectivity index (χ2v) is 6.92. The van der Waals surface area contributed by atoms with Crippen molar-refractivity contribution in [2.75, 3.05) is 26.7 Å². The Bertz CT molecular complexity index is 978. The molecule has 0 amide bonds. The fourth-order valence-corrected chi connectivity index (χ4v) is 4.23. The number of methoxy groups -OCH3 is 1. The molecule has 0 bridgehead atoms. The Labute approximate surface area is 163 Å². The van der Waals surface area contributed by atoms with E-state index in [0.717, 1.165) is 6.54 Å². The van der Waals surface area contributed by atoms with Crippen LogP contribution in [0.5, 0.6) is 5.75 Å². The second kappa shape index (κ2) is 7.35. The van der Waals surface area contributed by atoms with Gasteiger partial charge in [-0.2, -0.15) is 15.8 Å². The van der Waals surface area contributed by atoms with E-state index in [0.29, 0.717) is 24.4 Å². The number of nitrogens with zero attached hydrogens (tertiary/aromatic N) is 4. The minimum atomic E-state index is -1.85. The van der Waals surface area contributed by atoms with Crippen LogP contribution < -0.4 is 10.5 Å². The molecule has 1 heterocycles. The molecule has 0 unspecified atom stereocenters. The van der Waals surface area contributed by atoms with Gasteiger partial charge in [0.2, 0.25) is 0 Å². The van der Waals surface area contributed by atoms with Crippen molar-refractivity contribution in [2.45, 2.75) is 12.8 Å². The first kappa shape index (κ1) is 19.4. The van der Waals surface area contributed by atoms with Crippen molar-refractivity contribution in [2.24, 2.45) is 17.1 Å². The molecule has 2 N–H and O–H groups in total. The number of halogens is 1. The topological polar surface area (TPSA) is 110 Å². The number of ether oxygens (including phenoxy) is 1. The van der Waals surface area contributed by atoms with Gasteiger partial charge in [0.1, 0.15) is 17.6 Å². The van der Waals surface area contributed by atoms with Crippen LogP contribution in [-0.4, -0.2) is 31.6 Å². The quantitative estimate of drug-likeness (QED) is 0.867. The largest absolute Gasteiger partial charge is 0.497 e. The summed E-state index contributed by atoms with van der Waals surface area (Å²) in [5.41, 5.74) is 5.28. The number of hydrogen-bond acceptors (Lipinski definition) is 6. The van der Waals surface area contributed by atoms with Crippen molar-refractivity contribution < 1.29 is 9.13 Å². The zero-order valence-electron chi connectivity index (χ0n) is 15.7. The number of rotatable bonds is 3. The summed E-state index contributed by atoms with van der Waals surface area (Å²) >= 11 is 0. The van der Waals surface area contributed by atoms with E-state index in [2.05, 4.69) is 11.0 Å². The van der Waals surface area contributed by atoms with E-state index in [1.54, 1.807) is 0 Å². The van der Waals surface area contributed by atoms with Gasteiger partial charge in [-0.25, -0.2) is 4.39 Å². The Balaban J connectivity index is 2.35. The van der Waals surface area contributed by atoms with Gasteiger partial charge in [-0.05, 0) is 35.9 Å². The van der Waals surface area contributed by atoms with Crippen LogP contribution in [0.25, 0.3) is 0 Å². The highest BCUT2D eigenvalue weighted by molar-refractivity contribution is 5.59. The summed E-state index contributed by atoms with van der Waals surface area (Å²) in [5.74, 6) is -1.41. The predicted molar refractivity (Wildman–Crippen MR) is 99.9 cm³/mol. The second-order valence-electron chi connectivity index (χ2n) is 6.92. The standard InChI is InChI=1S/C21H20FN5O/c1-3-27-7-6-14-16(9-23)20(26)21(11-24,12-25)19(17(14)10-27)15-8-13(28-2)4-5-18(15)22/h4-6,8,17,19H,3,7,10,26H2,1-2H3/t17-,19-/m1/s1. The van der Waals surface area contributed by atoms with Gasteiger partial charge < -0.3 is 10.5 Å². The summed E-state index contributed by atoms with van der Waals surface area (Å²) in [4.78, 5) is 2.12. The van der Waals surface area contributed by atoms with E-state index >= 15 is 0 Å². The summed E-state index contributed by atoms with van der Waals surface area (Å²) in [7, 11) is 1.46. The van der Waals surface area contributed by atoms with Crippen LogP contribution in [0.1, 0.15) is 18.4 Å². The minimum absolute atomic E-state index is 0.111. The Morgan fingerprint density at radius 3 is 2.61 bits per heavy atom. The Hall–Kier alpha value is -3.34. The molecule has 0 fully saturated rings. The maximum Gasteiger partial charge on any atom is 0.191 e. The Morgan fingerprint density at radius 1 is 1.32 bits per heavy atom. The molecule has 28 heavy (non-hydrogen) atoms. The molecule has 1 aromatic rings. The van der Waals surface area contributed by atoms with Gasteiger partial charge in [-0.3, -0.25) is 4.90 Å². The summed E-state index contributed by atoms with van der Waals surface area (Å²) in [5, 5.41) is 29.7. The molecule has 1 aliphatic carbocycles. The molecular formula is C21H20FN5O. The number of nitrogens with two attached hydrogens (primary N) is 1. The molecule has 0 saturated heterocycles. The number of likely N-dealkylation sites (N-methyl/N-ethyl adjacent to an activating group) is 1. The lowest BCUT2D eigenvalue weighted by Crippen LogP contribution is -2.48. The van der Waals surface area contributed by atoms with Crippen molar-refractivity contribution in [3.05, 3.63) is 52.5 Å². The Kier molecular flexibility index (Phi) is 5.10. The highest BCUT2D eigenvalue weighted by Gasteiger charge is 2.55. The molecule has 1 aliphatic heterocycles. The third-order valence-electron chi connectivity index (χ3n) is 5.73. The summed E-state index contributed by atoms with van der Waals surface area (Å²) in [6.45, 7) is 3.87. The first-order valence-electron chi connectivity index (χ1n) is 8.96. The van der Waals surface area contributed by atoms with Gasteiger partial charge in [0, 0.05) is 24.9 Å². The average Bonchev–Trinajstić information content (AvgIpc) is 2.73. The highest BCUT2D eigenvalue weighted by Crippen LogP contribution is 2.54. The zero-order chi connectivity index (χ0) is 20.5. The maximum absolute atomic E-state index is 14.9.